The first-order chi connectivity index (χ1) is 9.92. The smallest absolute Gasteiger partial charge is 0.410 e. The molecule has 1 fully saturated rings. The minimum Gasteiger partial charge on any atom is -0.502 e. The highest BCUT2D eigenvalue weighted by Crippen LogP contribution is 2.15. The number of amides is 1. The summed E-state index contributed by atoms with van der Waals surface area (Å²) in [5, 5.41) is 3.54. The Bertz CT molecular complexity index is 326. The van der Waals surface area contributed by atoms with E-state index in [0.29, 0.717) is 12.6 Å². The molecule has 1 atom stereocenters. The van der Waals surface area contributed by atoms with Gasteiger partial charge in [-0.05, 0) is 53.0 Å². The number of carbonyl (C=O) groups is 1. The van der Waals surface area contributed by atoms with Gasteiger partial charge >= 0.3 is 6.09 Å². The normalized spacial score (nSPS) is 19.8. The van der Waals surface area contributed by atoms with Gasteiger partial charge in [-0.25, -0.2) is 4.79 Å². The number of hydrogen-bond donors (Lipinski definition) is 1. The summed E-state index contributed by atoms with van der Waals surface area (Å²) in [5.74, 6) is 0. The molecule has 0 aromatic carbocycles. The van der Waals surface area contributed by atoms with Crippen molar-refractivity contribution in [1.82, 2.24) is 10.2 Å². The molecule has 1 saturated heterocycles. The van der Waals surface area contributed by atoms with Gasteiger partial charge in [0, 0.05) is 19.1 Å². The molecule has 0 saturated carbocycles. The van der Waals surface area contributed by atoms with Crippen LogP contribution in [0.1, 0.15) is 46.5 Å². The molecule has 1 unspecified atom stereocenters. The minimum atomic E-state index is -0.424. The van der Waals surface area contributed by atoms with Crippen LogP contribution < -0.4 is 5.32 Å². The van der Waals surface area contributed by atoms with Crippen molar-refractivity contribution in [2.24, 2.45) is 0 Å². The van der Waals surface area contributed by atoms with Gasteiger partial charge in [0.25, 0.3) is 0 Å². The highest BCUT2D eigenvalue weighted by atomic mass is 16.6. The zero-order valence-corrected chi connectivity index (χ0v) is 13.7. The molecular weight excluding hydrogens is 268 g/mol. The van der Waals surface area contributed by atoms with E-state index in [0.717, 1.165) is 45.3 Å². The maximum Gasteiger partial charge on any atom is 0.410 e. The van der Waals surface area contributed by atoms with Crippen molar-refractivity contribution in [3.8, 4) is 0 Å². The number of nitrogens with zero attached hydrogens (tertiary/aromatic N) is 1. The number of nitrogens with one attached hydrogen (secondary N) is 1. The second-order valence-electron chi connectivity index (χ2n) is 6.44. The Balaban J connectivity index is 2.26. The second kappa shape index (κ2) is 8.93. The van der Waals surface area contributed by atoms with Crippen LogP contribution in [0, 0.1) is 0 Å². The largest absolute Gasteiger partial charge is 0.502 e. The highest BCUT2D eigenvalue weighted by molar-refractivity contribution is 5.68. The third-order valence-corrected chi connectivity index (χ3v) is 3.37. The van der Waals surface area contributed by atoms with Gasteiger partial charge in [0.05, 0.1) is 12.9 Å². The lowest BCUT2D eigenvalue weighted by molar-refractivity contribution is 0.0256. The first-order valence-electron chi connectivity index (χ1n) is 7.86. The summed E-state index contributed by atoms with van der Waals surface area (Å²) in [7, 11) is 0. The van der Waals surface area contributed by atoms with Crippen LogP contribution in [0.25, 0.3) is 0 Å². The Kier molecular flexibility index (Phi) is 7.57. The molecule has 0 radical (unpaired) electrons. The molecule has 21 heavy (non-hydrogen) atoms. The molecule has 0 aromatic heterocycles. The quantitative estimate of drug-likeness (QED) is 0.605. The standard InChI is InChI=1S/C16H30N2O3/c1-5-20-13-7-10-17-14-8-6-11-18(12-9-14)15(19)21-16(2,3)4/h5,14,17H,1,6-13H2,2-4H3. The average Bonchev–Trinajstić information content (AvgIpc) is 2.62. The van der Waals surface area contributed by atoms with Crippen LogP contribution in [-0.4, -0.2) is 48.9 Å². The summed E-state index contributed by atoms with van der Waals surface area (Å²) in [5.41, 5.74) is -0.424. The predicted octanol–water partition coefficient (Wildman–Crippen LogP) is 2.92. The maximum absolute atomic E-state index is 12.1. The molecule has 1 N–H and O–H groups in total. The fourth-order valence-corrected chi connectivity index (χ4v) is 2.35. The predicted molar refractivity (Wildman–Crippen MR) is 84.2 cm³/mol. The SMILES string of the molecule is C=COCCCNC1CCCN(C(=O)OC(C)(C)C)CC1. The Morgan fingerprint density at radius 1 is 1.38 bits per heavy atom. The van der Waals surface area contributed by atoms with E-state index < -0.39 is 5.60 Å². The average molecular weight is 298 g/mol. The van der Waals surface area contributed by atoms with E-state index in [1.54, 1.807) is 0 Å². The zero-order chi connectivity index (χ0) is 15.7. The van der Waals surface area contributed by atoms with E-state index >= 15 is 0 Å². The van der Waals surface area contributed by atoms with Crippen molar-refractivity contribution in [3.05, 3.63) is 12.8 Å². The highest BCUT2D eigenvalue weighted by Gasteiger charge is 2.24. The zero-order valence-electron chi connectivity index (χ0n) is 13.7. The lowest BCUT2D eigenvalue weighted by Crippen LogP contribution is -2.38. The Hall–Kier alpha value is -1.23. The summed E-state index contributed by atoms with van der Waals surface area (Å²) in [6, 6.07) is 0.473. The number of carbonyl (C=O) groups excluding carboxylic acids is 1. The monoisotopic (exact) mass is 298 g/mol. The first-order valence-corrected chi connectivity index (χ1v) is 7.86. The molecule has 0 aromatic rings. The number of likely N-dealkylation sites (tertiary alicyclic amines) is 1. The van der Waals surface area contributed by atoms with Crippen LogP contribution >= 0.6 is 0 Å². The molecule has 0 bridgehead atoms. The molecule has 122 valence electrons. The molecular formula is C16H30N2O3. The van der Waals surface area contributed by atoms with Crippen LogP contribution in [0.3, 0.4) is 0 Å². The first kappa shape index (κ1) is 17.8. The number of rotatable bonds is 6. The van der Waals surface area contributed by atoms with Crippen LogP contribution in [0.5, 0.6) is 0 Å². The lowest BCUT2D eigenvalue weighted by atomic mass is 10.1. The van der Waals surface area contributed by atoms with Gasteiger partial charge in [0.1, 0.15) is 5.60 Å². The van der Waals surface area contributed by atoms with Gasteiger partial charge in [0.2, 0.25) is 0 Å². The second-order valence-corrected chi connectivity index (χ2v) is 6.44. The summed E-state index contributed by atoms with van der Waals surface area (Å²) < 4.78 is 10.5. The van der Waals surface area contributed by atoms with Gasteiger partial charge in [-0.2, -0.15) is 0 Å². The molecule has 1 aliphatic rings. The summed E-state index contributed by atoms with van der Waals surface area (Å²) in [6.07, 6.45) is 5.34. The number of ether oxygens (including phenoxy) is 2. The molecule has 0 aliphatic carbocycles. The van der Waals surface area contributed by atoms with E-state index in [4.69, 9.17) is 9.47 Å². The fourth-order valence-electron chi connectivity index (χ4n) is 2.35. The molecule has 5 heteroatoms. The van der Waals surface area contributed by atoms with Crippen LogP contribution in [0.15, 0.2) is 12.8 Å². The third kappa shape index (κ3) is 7.95. The van der Waals surface area contributed by atoms with Crippen molar-refractivity contribution in [3.63, 3.8) is 0 Å². The van der Waals surface area contributed by atoms with Gasteiger partial charge in [0.15, 0.2) is 0 Å². The summed E-state index contributed by atoms with van der Waals surface area (Å²) in [6.45, 7) is 12.4. The van der Waals surface area contributed by atoms with Crippen molar-refractivity contribution >= 4 is 6.09 Å². The molecule has 1 rings (SSSR count). The maximum atomic E-state index is 12.1. The number of hydrogen-bond acceptors (Lipinski definition) is 4. The van der Waals surface area contributed by atoms with Gasteiger partial charge in [-0.3, -0.25) is 0 Å². The van der Waals surface area contributed by atoms with E-state index in [2.05, 4.69) is 11.9 Å². The Labute approximate surface area is 128 Å². The Morgan fingerprint density at radius 2 is 2.14 bits per heavy atom. The summed E-state index contributed by atoms with van der Waals surface area (Å²) >= 11 is 0. The molecule has 1 aliphatic heterocycles. The lowest BCUT2D eigenvalue weighted by Gasteiger charge is -2.26. The Morgan fingerprint density at radius 3 is 2.81 bits per heavy atom. The summed E-state index contributed by atoms with van der Waals surface area (Å²) in [4.78, 5) is 13.9. The van der Waals surface area contributed by atoms with Crippen LogP contribution in [0.2, 0.25) is 0 Å². The van der Waals surface area contributed by atoms with Crippen molar-refractivity contribution in [2.45, 2.75) is 58.1 Å². The molecule has 0 spiro atoms. The van der Waals surface area contributed by atoms with Crippen molar-refractivity contribution < 1.29 is 14.3 Å². The van der Waals surface area contributed by atoms with E-state index in [1.807, 2.05) is 25.7 Å². The van der Waals surface area contributed by atoms with E-state index in [1.165, 1.54) is 6.26 Å². The van der Waals surface area contributed by atoms with Crippen molar-refractivity contribution in [1.29, 1.82) is 0 Å². The third-order valence-electron chi connectivity index (χ3n) is 3.37. The van der Waals surface area contributed by atoms with E-state index in [-0.39, 0.29) is 6.09 Å². The van der Waals surface area contributed by atoms with Gasteiger partial charge in [-0.15, -0.1) is 0 Å². The van der Waals surface area contributed by atoms with E-state index in [9.17, 15) is 4.79 Å². The molecule has 1 amide bonds. The van der Waals surface area contributed by atoms with Crippen molar-refractivity contribution in [2.75, 3.05) is 26.2 Å². The topological polar surface area (TPSA) is 50.8 Å². The van der Waals surface area contributed by atoms with Crippen LogP contribution in [0.4, 0.5) is 4.79 Å². The minimum absolute atomic E-state index is 0.192. The fraction of sp³-hybridized carbons (Fsp3) is 0.812. The van der Waals surface area contributed by atoms with Gasteiger partial charge < -0.3 is 19.7 Å². The molecule has 1 heterocycles. The van der Waals surface area contributed by atoms with Crippen LogP contribution in [-0.2, 0) is 9.47 Å². The van der Waals surface area contributed by atoms with Gasteiger partial charge in [-0.1, -0.05) is 6.58 Å². The molecule has 5 nitrogen and oxygen atoms in total.